The summed E-state index contributed by atoms with van der Waals surface area (Å²) in [5.74, 6) is 1.37. The maximum absolute atomic E-state index is 12.4. The number of rotatable bonds is 7. The number of benzene rings is 2. The fourth-order valence-corrected chi connectivity index (χ4v) is 3.93. The summed E-state index contributed by atoms with van der Waals surface area (Å²) in [5, 5.41) is 16.0. The van der Waals surface area contributed by atoms with Gasteiger partial charge in [-0.3, -0.25) is 9.36 Å². The normalized spacial score (nSPS) is 10.9. The Morgan fingerprint density at radius 2 is 1.94 bits per heavy atom. The Morgan fingerprint density at radius 3 is 2.68 bits per heavy atom. The van der Waals surface area contributed by atoms with Crippen molar-refractivity contribution >= 4 is 23.4 Å². The Labute approximate surface area is 184 Å². The molecule has 158 valence electrons. The van der Waals surface area contributed by atoms with Crippen LogP contribution < -0.4 is 5.32 Å². The Kier molecular flexibility index (Phi) is 6.13. The fourth-order valence-electron chi connectivity index (χ4n) is 3.13. The first kappa shape index (κ1) is 20.8. The highest BCUT2D eigenvalue weighted by Gasteiger charge is 2.20. The zero-order chi connectivity index (χ0) is 21.8. The molecule has 0 bridgehead atoms. The molecule has 0 unspecified atom stereocenters. The van der Waals surface area contributed by atoms with E-state index in [2.05, 4.69) is 25.7 Å². The average Bonchev–Trinajstić information content (AvgIpc) is 3.41. The molecule has 4 rings (SSSR count). The second kappa shape index (κ2) is 9.13. The molecule has 0 saturated carbocycles. The quantitative estimate of drug-likeness (QED) is 0.431. The summed E-state index contributed by atoms with van der Waals surface area (Å²) in [6.07, 6.45) is 0. The van der Waals surface area contributed by atoms with E-state index in [9.17, 15) is 4.79 Å². The maximum Gasteiger partial charge on any atom is 0.296 e. The molecule has 0 spiro atoms. The molecule has 4 aromatic rings. The number of nitrogens with zero attached hydrogens (tertiary/aromatic N) is 5. The largest absolute Gasteiger partial charge is 0.330 e. The predicted molar refractivity (Wildman–Crippen MR) is 120 cm³/mol. The average molecular weight is 435 g/mol. The van der Waals surface area contributed by atoms with E-state index < -0.39 is 0 Å². The standard InChI is InChI=1S/C22H22N6O2S/c1-4-28-20(21-24-19(27-30-21)16-8-6-5-7-9-16)25-26-22(28)31-13-18(29)23-17-11-10-14(2)12-15(17)3/h5-12H,4,13H2,1-3H3,(H,23,29). The monoisotopic (exact) mass is 434 g/mol. The van der Waals surface area contributed by atoms with E-state index in [1.54, 1.807) is 0 Å². The first-order valence-electron chi connectivity index (χ1n) is 9.87. The van der Waals surface area contributed by atoms with Gasteiger partial charge in [0.15, 0.2) is 5.16 Å². The zero-order valence-corrected chi connectivity index (χ0v) is 18.3. The topological polar surface area (TPSA) is 98.7 Å². The molecule has 2 heterocycles. The Balaban J connectivity index is 1.46. The molecular weight excluding hydrogens is 412 g/mol. The highest BCUT2D eigenvalue weighted by Crippen LogP contribution is 2.25. The number of carbonyl (C=O) groups excluding carboxylic acids is 1. The van der Waals surface area contributed by atoms with Gasteiger partial charge in [-0.15, -0.1) is 10.2 Å². The van der Waals surface area contributed by atoms with Crippen molar-refractivity contribution in [1.29, 1.82) is 0 Å². The lowest BCUT2D eigenvalue weighted by atomic mass is 10.1. The van der Waals surface area contributed by atoms with E-state index >= 15 is 0 Å². The molecule has 0 atom stereocenters. The molecule has 0 fully saturated rings. The van der Waals surface area contributed by atoms with Crippen molar-refractivity contribution in [2.45, 2.75) is 32.5 Å². The molecule has 1 amide bonds. The summed E-state index contributed by atoms with van der Waals surface area (Å²) < 4.78 is 7.27. The van der Waals surface area contributed by atoms with Gasteiger partial charge in [-0.1, -0.05) is 64.9 Å². The van der Waals surface area contributed by atoms with Crippen LogP contribution in [0.5, 0.6) is 0 Å². The van der Waals surface area contributed by atoms with E-state index in [0.717, 1.165) is 22.4 Å². The van der Waals surface area contributed by atoms with Gasteiger partial charge in [0.2, 0.25) is 17.6 Å². The van der Waals surface area contributed by atoms with E-state index in [0.29, 0.717) is 29.2 Å². The number of aryl methyl sites for hydroxylation is 2. The molecule has 1 N–H and O–H groups in total. The molecule has 0 radical (unpaired) electrons. The smallest absolute Gasteiger partial charge is 0.296 e. The van der Waals surface area contributed by atoms with E-state index in [-0.39, 0.29) is 11.7 Å². The van der Waals surface area contributed by atoms with Gasteiger partial charge in [0.25, 0.3) is 5.89 Å². The Morgan fingerprint density at radius 1 is 1.13 bits per heavy atom. The van der Waals surface area contributed by atoms with Crippen molar-refractivity contribution in [3.63, 3.8) is 0 Å². The van der Waals surface area contributed by atoms with Gasteiger partial charge < -0.3 is 9.84 Å². The molecule has 8 nitrogen and oxygen atoms in total. The number of aromatic nitrogens is 5. The van der Waals surface area contributed by atoms with Crippen LogP contribution in [0, 0.1) is 13.8 Å². The van der Waals surface area contributed by atoms with E-state index in [1.165, 1.54) is 11.8 Å². The summed E-state index contributed by atoms with van der Waals surface area (Å²) in [6.45, 7) is 6.58. The number of amides is 1. The first-order chi connectivity index (χ1) is 15.0. The summed E-state index contributed by atoms with van der Waals surface area (Å²) in [6, 6.07) is 15.5. The van der Waals surface area contributed by atoms with Crippen LogP contribution in [0.4, 0.5) is 5.69 Å². The van der Waals surface area contributed by atoms with Crippen molar-refractivity contribution in [1.82, 2.24) is 24.9 Å². The second-order valence-corrected chi connectivity index (χ2v) is 7.94. The van der Waals surface area contributed by atoms with Crippen LogP contribution >= 0.6 is 11.8 Å². The van der Waals surface area contributed by atoms with Gasteiger partial charge in [0, 0.05) is 17.8 Å². The minimum Gasteiger partial charge on any atom is -0.330 e. The lowest BCUT2D eigenvalue weighted by molar-refractivity contribution is -0.113. The van der Waals surface area contributed by atoms with Crippen LogP contribution in [-0.4, -0.2) is 36.6 Å². The van der Waals surface area contributed by atoms with Crippen LogP contribution in [0.3, 0.4) is 0 Å². The number of hydrogen-bond acceptors (Lipinski definition) is 7. The maximum atomic E-state index is 12.4. The third-order valence-corrected chi connectivity index (χ3v) is 5.64. The third kappa shape index (κ3) is 4.66. The highest BCUT2D eigenvalue weighted by atomic mass is 32.2. The van der Waals surface area contributed by atoms with Crippen molar-refractivity contribution in [3.8, 4) is 23.1 Å². The van der Waals surface area contributed by atoms with Crippen molar-refractivity contribution in [2.75, 3.05) is 11.1 Å². The molecule has 9 heteroatoms. The van der Waals surface area contributed by atoms with Crippen LogP contribution in [-0.2, 0) is 11.3 Å². The lowest BCUT2D eigenvalue weighted by Crippen LogP contribution is -2.15. The number of thioether (sulfide) groups is 1. The highest BCUT2D eigenvalue weighted by molar-refractivity contribution is 7.99. The number of hydrogen-bond donors (Lipinski definition) is 1. The van der Waals surface area contributed by atoms with Crippen LogP contribution in [0.25, 0.3) is 23.1 Å². The van der Waals surface area contributed by atoms with Gasteiger partial charge in [-0.25, -0.2) is 0 Å². The van der Waals surface area contributed by atoms with Gasteiger partial charge in [-0.05, 0) is 32.4 Å². The van der Waals surface area contributed by atoms with Gasteiger partial charge >= 0.3 is 0 Å². The minimum absolute atomic E-state index is 0.103. The van der Waals surface area contributed by atoms with E-state index in [4.69, 9.17) is 4.52 Å². The Bertz CT molecular complexity index is 1200. The minimum atomic E-state index is -0.103. The SMILES string of the molecule is CCn1c(SCC(=O)Nc2ccc(C)cc2C)nnc1-c1nc(-c2ccccc2)no1. The number of nitrogens with one attached hydrogen (secondary N) is 1. The molecule has 31 heavy (non-hydrogen) atoms. The van der Waals surface area contributed by atoms with Crippen molar-refractivity contribution in [2.24, 2.45) is 0 Å². The van der Waals surface area contributed by atoms with Crippen LogP contribution in [0.2, 0.25) is 0 Å². The summed E-state index contributed by atoms with van der Waals surface area (Å²) >= 11 is 1.31. The fraction of sp³-hybridized carbons (Fsp3) is 0.227. The van der Waals surface area contributed by atoms with Crippen LogP contribution in [0.15, 0.2) is 58.2 Å². The third-order valence-electron chi connectivity index (χ3n) is 4.67. The Hall–Kier alpha value is -3.46. The van der Waals surface area contributed by atoms with Crippen LogP contribution in [0.1, 0.15) is 18.1 Å². The molecule has 2 aromatic heterocycles. The first-order valence-corrected chi connectivity index (χ1v) is 10.9. The predicted octanol–water partition coefficient (Wildman–Crippen LogP) is 4.36. The molecule has 0 aliphatic heterocycles. The molecular formula is C22H22N6O2S. The zero-order valence-electron chi connectivity index (χ0n) is 17.5. The molecule has 0 aliphatic rings. The van der Waals surface area contributed by atoms with Gasteiger partial charge in [0.05, 0.1) is 5.75 Å². The number of anilines is 1. The molecule has 2 aromatic carbocycles. The van der Waals surface area contributed by atoms with Crippen molar-refractivity contribution in [3.05, 3.63) is 59.7 Å². The van der Waals surface area contributed by atoms with E-state index in [1.807, 2.05) is 73.9 Å². The second-order valence-electron chi connectivity index (χ2n) is 6.99. The molecule has 0 aliphatic carbocycles. The summed E-state index contributed by atoms with van der Waals surface area (Å²) in [7, 11) is 0. The number of carbonyl (C=O) groups is 1. The summed E-state index contributed by atoms with van der Waals surface area (Å²) in [4.78, 5) is 16.9. The van der Waals surface area contributed by atoms with Crippen molar-refractivity contribution < 1.29 is 9.32 Å². The summed E-state index contributed by atoms with van der Waals surface area (Å²) in [5.41, 5.74) is 3.86. The van der Waals surface area contributed by atoms with Gasteiger partial charge in [0.1, 0.15) is 0 Å². The van der Waals surface area contributed by atoms with Gasteiger partial charge in [-0.2, -0.15) is 4.98 Å². The lowest BCUT2D eigenvalue weighted by Gasteiger charge is -2.09. The molecule has 0 saturated heterocycles.